The topological polar surface area (TPSA) is 35.2 Å². The minimum Gasteiger partial charge on any atom is -0.364 e. The lowest BCUT2D eigenvalue weighted by atomic mass is 10.1. The predicted octanol–water partition coefficient (Wildman–Crippen LogP) is 2.13. The summed E-state index contributed by atoms with van der Waals surface area (Å²) >= 11 is 0. The van der Waals surface area contributed by atoms with Crippen LogP contribution in [0.15, 0.2) is 0 Å². The van der Waals surface area contributed by atoms with Gasteiger partial charge in [0.1, 0.15) is 6.23 Å². The molecular formula is C9H21NO. The van der Waals surface area contributed by atoms with Crippen LogP contribution in [-0.2, 0) is 4.74 Å². The molecule has 0 radical (unpaired) electrons. The summed E-state index contributed by atoms with van der Waals surface area (Å²) in [6, 6.07) is 0. The SMILES string of the molecule is CCC(C)CCOC(N)CC. The van der Waals surface area contributed by atoms with E-state index in [1.807, 2.05) is 6.92 Å². The highest BCUT2D eigenvalue weighted by Gasteiger charge is 2.01. The standard InChI is InChI=1S/C9H21NO/c1-4-8(3)6-7-11-9(10)5-2/h8-9H,4-7,10H2,1-3H3. The van der Waals surface area contributed by atoms with E-state index in [4.69, 9.17) is 10.5 Å². The van der Waals surface area contributed by atoms with Crippen LogP contribution in [0.5, 0.6) is 0 Å². The van der Waals surface area contributed by atoms with Crippen LogP contribution in [0.2, 0.25) is 0 Å². The predicted molar refractivity (Wildman–Crippen MR) is 48.3 cm³/mol. The molecule has 2 nitrogen and oxygen atoms in total. The largest absolute Gasteiger partial charge is 0.364 e. The van der Waals surface area contributed by atoms with Crippen molar-refractivity contribution in [3.05, 3.63) is 0 Å². The minimum atomic E-state index is -0.0564. The first-order valence-electron chi connectivity index (χ1n) is 4.57. The Hall–Kier alpha value is -0.0800. The fraction of sp³-hybridized carbons (Fsp3) is 1.00. The molecule has 0 heterocycles. The van der Waals surface area contributed by atoms with Crippen LogP contribution >= 0.6 is 0 Å². The maximum atomic E-state index is 5.58. The van der Waals surface area contributed by atoms with E-state index < -0.39 is 0 Å². The van der Waals surface area contributed by atoms with Gasteiger partial charge in [0.15, 0.2) is 0 Å². The van der Waals surface area contributed by atoms with E-state index >= 15 is 0 Å². The monoisotopic (exact) mass is 159 g/mol. The summed E-state index contributed by atoms with van der Waals surface area (Å²) in [4.78, 5) is 0. The molecule has 0 saturated carbocycles. The molecular weight excluding hydrogens is 138 g/mol. The fourth-order valence-corrected chi connectivity index (χ4v) is 0.743. The first-order chi connectivity index (χ1) is 5.20. The maximum absolute atomic E-state index is 5.58. The zero-order chi connectivity index (χ0) is 8.69. The molecule has 68 valence electrons. The van der Waals surface area contributed by atoms with Crippen molar-refractivity contribution < 1.29 is 4.74 Å². The molecule has 11 heavy (non-hydrogen) atoms. The second-order valence-corrected chi connectivity index (χ2v) is 3.12. The summed E-state index contributed by atoms with van der Waals surface area (Å²) in [7, 11) is 0. The van der Waals surface area contributed by atoms with Gasteiger partial charge in [-0.1, -0.05) is 27.2 Å². The van der Waals surface area contributed by atoms with Crippen LogP contribution in [0.4, 0.5) is 0 Å². The van der Waals surface area contributed by atoms with Gasteiger partial charge in [-0.3, -0.25) is 0 Å². The zero-order valence-corrected chi connectivity index (χ0v) is 7.97. The van der Waals surface area contributed by atoms with Crippen LogP contribution in [0.25, 0.3) is 0 Å². The van der Waals surface area contributed by atoms with E-state index in [0.29, 0.717) is 0 Å². The molecule has 0 aromatic carbocycles. The van der Waals surface area contributed by atoms with Gasteiger partial charge in [-0.25, -0.2) is 0 Å². The Balaban J connectivity index is 3.13. The van der Waals surface area contributed by atoms with Gasteiger partial charge in [-0.05, 0) is 18.8 Å². The van der Waals surface area contributed by atoms with Crippen LogP contribution in [0.1, 0.15) is 40.0 Å². The van der Waals surface area contributed by atoms with Gasteiger partial charge >= 0.3 is 0 Å². The molecule has 2 unspecified atom stereocenters. The molecule has 0 aliphatic rings. The molecule has 0 aliphatic carbocycles. The van der Waals surface area contributed by atoms with Crippen molar-refractivity contribution in [2.75, 3.05) is 6.61 Å². The highest BCUT2D eigenvalue weighted by molar-refractivity contribution is 4.49. The third kappa shape index (κ3) is 6.32. The van der Waals surface area contributed by atoms with Crippen molar-refractivity contribution in [3.8, 4) is 0 Å². The van der Waals surface area contributed by atoms with E-state index in [0.717, 1.165) is 25.4 Å². The quantitative estimate of drug-likeness (QED) is 0.603. The Kier molecular flexibility index (Phi) is 6.57. The van der Waals surface area contributed by atoms with Crippen LogP contribution in [-0.4, -0.2) is 12.8 Å². The average molecular weight is 159 g/mol. The number of ether oxygens (including phenoxy) is 1. The van der Waals surface area contributed by atoms with Gasteiger partial charge in [0.05, 0.1) is 0 Å². The molecule has 0 amide bonds. The molecule has 0 aromatic heterocycles. The molecule has 0 aliphatic heterocycles. The maximum Gasteiger partial charge on any atom is 0.105 e. The second kappa shape index (κ2) is 6.62. The van der Waals surface area contributed by atoms with Crippen molar-refractivity contribution in [1.82, 2.24) is 0 Å². The lowest BCUT2D eigenvalue weighted by molar-refractivity contribution is 0.0472. The molecule has 2 N–H and O–H groups in total. The molecule has 0 spiro atoms. The molecule has 0 fully saturated rings. The summed E-state index contributed by atoms with van der Waals surface area (Å²) < 4.78 is 5.34. The lowest BCUT2D eigenvalue weighted by Gasteiger charge is -2.12. The smallest absolute Gasteiger partial charge is 0.105 e. The number of nitrogens with two attached hydrogens (primary N) is 1. The Morgan fingerprint density at radius 2 is 1.91 bits per heavy atom. The Labute approximate surface area is 70.1 Å². The summed E-state index contributed by atoms with van der Waals surface area (Å²) in [5.41, 5.74) is 5.58. The highest BCUT2D eigenvalue weighted by atomic mass is 16.5. The van der Waals surface area contributed by atoms with Crippen molar-refractivity contribution in [3.63, 3.8) is 0 Å². The van der Waals surface area contributed by atoms with Crippen molar-refractivity contribution in [1.29, 1.82) is 0 Å². The van der Waals surface area contributed by atoms with Gasteiger partial charge in [0.2, 0.25) is 0 Å². The van der Waals surface area contributed by atoms with E-state index in [1.165, 1.54) is 6.42 Å². The van der Waals surface area contributed by atoms with Crippen molar-refractivity contribution in [2.24, 2.45) is 11.7 Å². The Bertz CT molecular complexity index is 75.6. The Morgan fingerprint density at radius 3 is 2.36 bits per heavy atom. The minimum absolute atomic E-state index is 0.0564. The van der Waals surface area contributed by atoms with Gasteiger partial charge in [-0.2, -0.15) is 0 Å². The van der Waals surface area contributed by atoms with Crippen molar-refractivity contribution >= 4 is 0 Å². The van der Waals surface area contributed by atoms with E-state index in [2.05, 4.69) is 13.8 Å². The normalized spacial score (nSPS) is 16.4. The van der Waals surface area contributed by atoms with Crippen LogP contribution in [0, 0.1) is 5.92 Å². The fourth-order valence-electron chi connectivity index (χ4n) is 0.743. The summed E-state index contributed by atoms with van der Waals surface area (Å²) in [5, 5.41) is 0. The van der Waals surface area contributed by atoms with E-state index in [-0.39, 0.29) is 6.23 Å². The first kappa shape index (κ1) is 10.9. The lowest BCUT2D eigenvalue weighted by Crippen LogP contribution is -2.23. The Morgan fingerprint density at radius 1 is 1.27 bits per heavy atom. The summed E-state index contributed by atoms with van der Waals surface area (Å²) in [6.45, 7) is 7.28. The third-order valence-corrected chi connectivity index (χ3v) is 2.04. The van der Waals surface area contributed by atoms with Gasteiger partial charge < -0.3 is 10.5 Å². The van der Waals surface area contributed by atoms with Crippen LogP contribution < -0.4 is 5.73 Å². The molecule has 2 atom stereocenters. The zero-order valence-electron chi connectivity index (χ0n) is 7.97. The molecule has 0 rings (SSSR count). The molecule has 0 aromatic rings. The number of hydrogen-bond acceptors (Lipinski definition) is 2. The highest BCUT2D eigenvalue weighted by Crippen LogP contribution is 2.06. The molecule has 2 heteroatoms. The average Bonchev–Trinajstić information content (AvgIpc) is 2.04. The van der Waals surface area contributed by atoms with E-state index in [9.17, 15) is 0 Å². The number of rotatable bonds is 6. The van der Waals surface area contributed by atoms with Gasteiger partial charge in [-0.15, -0.1) is 0 Å². The molecule has 0 saturated heterocycles. The second-order valence-electron chi connectivity index (χ2n) is 3.12. The van der Waals surface area contributed by atoms with Crippen molar-refractivity contribution in [2.45, 2.75) is 46.3 Å². The first-order valence-corrected chi connectivity index (χ1v) is 4.57. The van der Waals surface area contributed by atoms with Gasteiger partial charge in [0.25, 0.3) is 0 Å². The summed E-state index contributed by atoms with van der Waals surface area (Å²) in [6.07, 6.45) is 3.20. The van der Waals surface area contributed by atoms with Gasteiger partial charge in [0, 0.05) is 6.61 Å². The van der Waals surface area contributed by atoms with Crippen LogP contribution in [0.3, 0.4) is 0 Å². The molecule has 0 bridgehead atoms. The van der Waals surface area contributed by atoms with E-state index in [1.54, 1.807) is 0 Å². The summed E-state index contributed by atoms with van der Waals surface area (Å²) in [5.74, 6) is 0.763. The number of hydrogen-bond donors (Lipinski definition) is 1. The third-order valence-electron chi connectivity index (χ3n) is 2.04.